The Hall–Kier alpha value is -4.31. The maximum absolute atomic E-state index is 12.9. The zero-order valence-corrected chi connectivity index (χ0v) is 22.5. The van der Waals surface area contributed by atoms with Crippen molar-refractivity contribution in [3.8, 4) is 17.2 Å². The van der Waals surface area contributed by atoms with Gasteiger partial charge in [-0.15, -0.1) is 10.2 Å². The molecule has 0 aliphatic heterocycles. The Balaban J connectivity index is 1.52. The maximum Gasteiger partial charge on any atom is 0.251 e. The fourth-order valence-corrected chi connectivity index (χ4v) is 4.56. The van der Waals surface area contributed by atoms with Gasteiger partial charge in [-0.25, -0.2) is 0 Å². The molecule has 0 aliphatic rings. The number of carbonyl (C=O) groups is 2. The fourth-order valence-electron chi connectivity index (χ4n) is 3.78. The minimum Gasteiger partial charge on any atom is -0.497 e. The van der Waals surface area contributed by atoms with Crippen LogP contribution in [-0.2, 0) is 11.3 Å². The molecule has 0 unspecified atom stereocenters. The first-order valence-electron chi connectivity index (χ1n) is 11.9. The van der Waals surface area contributed by atoms with Crippen molar-refractivity contribution >= 4 is 29.3 Å². The zero-order chi connectivity index (χ0) is 27.1. The molecular weight excluding hydrogens is 502 g/mol. The second-order valence-corrected chi connectivity index (χ2v) is 9.51. The summed E-state index contributed by atoms with van der Waals surface area (Å²) < 4.78 is 12.4. The zero-order valence-electron chi connectivity index (χ0n) is 21.6. The van der Waals surface area contributed by atoms with Gasteiger partial charge in [0.05, 0.1) is 26.5 Å². The standard InChI is InChI=1S/C28H29N5O4S/c1-18-7-5-9-21(11-18)30-26(34)17-38-28-32-31-25(33(28)22-10-6-8-19(2)12-22)16-29-27(35)20-13-23(36-3)15-24(14-20)37-4/h5-15H,16-17H2,1-4H3,(H,29,35)(H,30,34). The number of benzene rings is 3. The van der Waals surface area contributed by atoms with E-state index in [9.17, 15) is 9.59 Å². The van der Waals surface area contributed by atoms with Crippen LogP contribution in [0.1, 0.15) is 27.3 Å². The molecule has 1 aromatic heterocycles. The van der Waals surface area contributed by atoms with E-state index in [4.69, 9.17) is 9.47 Å². The number of nitrogens with zero attached hydrogens (tertiary/aromatic N) is 3. The van der Waals surface area contributed by atoms with Gasteiger partial charge in [0.2, 0.25) is 5.91 Å². The number of methoxy groups -OCH3 is 2. The molecule has 0 saturated carbocycles. The lowest BCUT2D eigenvalue weighted by molar-refractivity contribution is -0.113. The molecule has 0 radical (unpaired) electrons. The highest BCUT2D eigenvalue weighted by atomic mass is 32.2. The van der Waals surface area contributed by atoms with Crippen LogP contribution >= 0.6 is 11.8 Å². The van der Waals surface area contributed by atoms with Crippen LogP contribution in [0, 0.1) is 13.8 Å². The van der Waals surface area contributed by atoms with Gasteiger partial charge in [0.25, 0.3) is 5.91 Å². The van der Waals surface area contributed by atoms with Crippen molar-refractivity contribution in [3.05, 3.63) is 89.2 Å². The average molecular weight is 532 g/mol. The van der Waals surface area contributed by atoms with E-state index in [1.165, 1.54) is 26.0 Å². The molecule has 2 N–H and O–H groups in total. The SMILES string of the molecule is COc1cc(OC)cc(C(=O)NCc2nnc(SCC(=O)Nc3cccc(C)c3)n2-c2cccc(C)c2)c1. The van der Waals surface area contributed by atoms with E-state index in [-0.39, 0.29) is 24.1 Å². The van der Waals surface area contributed by atoms with E-state index < -0.39 is 0 Å². The first-order valence-corrected chi connectivity index (χ1v) is 12.9. The highest BCUT2D eigenvalue weighted by Gasteiger charge is 2.18. The van der Waals surface area contributed by atoms with Crippen LogP contribution in [0.5, 0.6) is 11.5 Å². The molecule has 10 heteroatoms. The van der Waals surface area contributed by atoms with Gasteiger partial charge in [0, 0.05) is 23.0 Å². The number of aryl methyl sites for hydroxylation is 2. The highest BCUT2D eigenvalue weighted by Crippen LogP contribution is 2.25. The Labute approximate surface area is 225 Å². The van der Waals surface area contributed by atoms with Gasteiger partial charge in [0.1, 0.15) is 11.5 Å². The van der Waals surface area contributed by atoms with E-state index in [1.807, 2.05) is 66.9 Å². The van der Waals surface area contributed by atoms with Gasteiger partial charge in [0.15, 0.2) is 11.0 Å². The lowest BCUT2D eigenvalue weighted by atomic mass is 10.2. The largest absolute Gasteiger partial charge is 0.497 e. The molecule has 196 valence electrons. The highest BCUT2D eigenvalue weighted by molar-refractivity contribution is 7.99. The molecule has 0 spiro atoms. The number of thioether (sulfide) groups is 1. The lowest BCUT2D eigenvalue weighted by Crippen LogP contribution is -2.24. The average Bonchev–Trinajstić information content (AvgIpc) is 3.33. The van der Waals surface area contributed by atoms with Crippen molar-refractivity contribution in [1.29, 1.82) is 0 Å². The monoisotopic (exact) mass is 531 g/mol. The number of amides is 2. The number of nitrogens with one attached hydrogen (secondary N) is 2. The van der Waals surface area contributed by atoms with E-state index in [0.29, 0.717) is 28.0 Å². The van der Waals surface area contributed by atoms with Crippen LogP contribution in [0.25, 0.3) is 5.69 Å². The predicted molar refractivity (Wildman–Crippen MR) is 147 cm³/mol. The minimum atomic E-state index is -0.312. The van der Waals surface area contributed by atoms with Gasteiger partial charge in [-0.3, -0.25) is 14.2 Å². The molecular formula is C28H29N5O4S. The molecule has 0 atom stereocenters. The van der Waals surface area contributed by atoms with Crippen LogP contribution in [0.15, 0.2) is 71.9 Å². The molecule has 1 heterocycles. The third kappa shape index (κ3) is 6.71. The molecule has 3 aromatic carbocycles. The minimum absolute atomic E-state index is 0.120. The summed E-state index contributed by atoms with van der Waals surface area (Å²) in [5.74, 6) is 1.24. The summed E-state index contributed by atoms with van der Waals surface area (Å²) in [6.45, 7) is 4.09. The quantitative estimate of drug-likeness (QED) is 0.289. The Morgan fingerprint density at radius 3 is 2.24 bits per heavy atom. The first-order chi connectivity index (χ1) is 18.4. The first kappa shape index (κ1) is 26.7. The number of hydrogen-bond donors (Lipinski definition) is 2. The summed E-state index contributed by atoms with van der Waals surface area (Å²) in [5.41, 5.74) is 4.10. The van der Waals surface area contributed by atoms with Crippen molar-refractivity contribution in [2.75, 3.05) is 25.3 Å². The molecule has 0 saturated heterocycles. The van der Waals surface area contributed by atoms with Gasteiger partial charge in [-0.2, -0.15) is 0 Å². The number of aromatic nitrogens is 3. The summed E-state index contributed by atoms with van der Waals surface area (Å²) in [4.78, 5) is 25.6. The number of rotatable bonds is 10. The number of ether oxygens (including phenoxy) is 2. The van der Waals surface area contributed by atoms with Gasteiger partial charge in [-0.05, 0) is 61.4 Å². The second kappa shape index (κ2) is 12.3. The van der Waals surface area contributed by atoms with E-state index in [0.717, 1.165) is 22.5 Å². The number of hydrogen-bond acceptors (Lipinski definition) is 7. The molecule has 0 fully saturated rings. The molecule has 9 nitrogen and oxygen atoms in total. The van der Waals surface area contributed by atoms with E-state index >= 15 is 0 Å². The Morgan fingerprint density at radius 2 is 1.58 bits per heavy atom. The number of carbonyl (C=O) groups excluding carboxylic acids is 2. The Bertz CT molecular complexity index is 1430. The third-order valence-corrected chi connectivity index (χ3v) is 6.54. The fraction of sp³-hybridized carbons (Fsp3) is 0.214. The summed E-state index contributed by atoms with van der Waals surface area (Å²) in [7, 11) is 3.06. The summed E-state index contributed by atoms with van der Waals surface area (Å²) >= 11 is 1.27. The van der Waals surface area contributed by atoms with Crippen LogP contribution in [0.3, 0.4) is 0 Å². The van der Waals surface area contributed by atoms with E-state index in [2.05, 4.69) is 20.8 Å². The Morgan fingerprint density at radius 1 is 0.895 bits per heavy atom. The summed E-state index contributed by atoms with van der Waals surface area (Å²) in [6, 6.07) is 20.5. The van der Waals surface area contributed by atoms with Crippen LogP contribution in [-0.4, -0.2) is 46.6 Å². The normalized spacial score (nSPS) is 10.6. The van der Waals surface area contributed by atoms with Crippen molar-refractivity contribution in [2.45, 2.75) is 25.5 Å². The molecule has 4 rings (SSSR count). The molecule has 0 bridgehead atoms. The van der Waals surface area contributed by atoms with Crippen molar-refractivity contribution < 1.29 is 19.1 Å². The van der Waals surface area contributed by atoms with Crippen molar-refractivity contribution in [3.63, 3.8) is 0 Å². The lowest BCUT2D eigenvalue weighted by Gasteiger charge is -2.12. The summed E-state index contributed by atoms with van der Waals surface area (Å²) in [5, 5.41) is 15.0. The van der Waals surface area contributed by atoms with Crippen LogP contribution in [0.2, 0.25) is 0 Å². The summed E-state index contributed by atoms with van der Waals surface area (Å²) in [6.07, 6.45) is 0. The van der Waals surface area contributed by atoms with E-state index in [1.54, 1.807) is 18.2 Å². The van der Waals surface area contributed by atoms with Crippen molar-refractivity contribution in [2.24, 2.45) is 0 Å². The van der Waals surface area contributed by atoms with Crippen LogP contribution < -0.4 is 20.1 Å². The van der Waals surface area contributed by atoms with Gasteiger partial charge >= 0.3 is 0 Å². The van der Waals surface area contributed by atoms with Crippen LogP contribution in [0.4, 0.5) is 5.69 Å². The molecule has 2 amide bonds. The smallest absolute Gasteiger partial charge is 0.251 e. The molecule has 4 aromatic rings. The van der Waals surface area contributed by atoms with Gasteiger partial charge in [-0.1, -0.05) is 36.0 Å². The number of anilines is 1. The van der Waals surface area contributed by atoms with Crippen molar-refractivity contribution in [1.82, 2.24) is 20.1 Å². The second-order valence-electron chi connectivity index (χ2n) is 8.56. The molecule has 38 heavy (non-hydrogen) atoms. The Kier molecular flexibility index (Phi) is 8.65. The predicted octanol–water partition coefficient (Wildman–Crippen LogP) is 4.56. The topological polar surface area (TPSA) is 107 Å². The van der Waals surface area contributed by atoms with Gasteiger partial charge < -0.3 is 20.1 Å². The maximum atomic E-state index is 12.9. The third-order valence-electron chi connectivity index (χ3n) is 5.62. The molecule has 0 aliphatic carbocycles.